The maximum atomic E-state index is 2.46. The molecule has 0 aliphatic heterocycles. The molecule has 55 heavy (non-hydrogen) atoms. The molecule has 0 bridgehead atoms. The minimum Gasteiger partial charge on any atom is -0.309 e. The molecule has 11 rings (SSSR count). The van der Waals surface area contributed by atoms with E-state index in [0.717, 1.165) is 11.4 Å². The van der Waals surface area contributed by atoms with Gasteiger partial charge in [0.05, 0.1) is 10.4 Å². The van der Waals surface area contributed by atoms with E-state index in [4.69, 9.17) is 0 Å². The second kappa shape index (κ2) is 13.1. The Bertz CT molecular complexity index is 3190. The van der Waals surface area contributed by atoms with Crippen molar-refractivity contribution in [3.05, 3.63) is 200 Å². The van der Waals surface area contributed by atoms with Gasteiger partial charge in [0.15, 0.2) is 0 Å². The highest BCUT2D eigenvalue weighted by Gasteiger charge is 2.21. The third-order valence-corrected chi connectivity index (χ3v) is 13.3. The van der Waals surface area contributed by atoms with Crippen molar-refractivity contribution in [2.24, 2.45) is 0 Å². The Labute approximate surface area is 327 Å². The van der Waals surface area contributed by atoms with Gasteiger partial charge in [-0.1, -0.05) is 152 Å². The van der Waals surface area contributed by atoms with Crippen LogP contribution in [-0.2, 0) is 0 Å². The number of fused-ring (bicyclic) bond motifs is 7. The van der Waals surface area contributed by atoms with Gasteiger partial charge in [-0.05, 0) is 92.7 Å². The summed E-state index contributed by atoms with van der Waals surface area (Å²) in [4.78, 5) is 2.46. The van der Waals surface area contributed by atoms with Crippen molar-refractivity contribution in [2.45, 2.75) is 0 Å². The average molecular weight is 736 g/mol. The van der Waals surface area contributed by atoms with Gasteiger partial charge in [0.2, 0.25) is 0 Å². The van der Waals surface area contributed by atoms with E-state index in [1.54, 1.807) is 0 Å². The second-order valence-electron chi connectivity index (χ2n) is 14.1. The largest absolute Gasteiger partial charge is 0.309 e. The first-order chi connectivity index (χ1) is 27.3. The highest BCUT2D eigenvalue weighted by molar-refractivity contribution is 7.26. The van der Waals surface area contributed by atoms with Crippen LogP contribution in [-0.4, -0.2) is 0 Å². The third-order valence-electron chi connectivity index (χ3n) is 10.9. The topological polar surface area (TPSA) is 3.24 Å². The number of rotatable bonds is 6. The molecule has 0 aliphatic rings. The van der Waals surface area contributed by atoms with Gasteiger partial charge in [0.1, 0.15) is 0 Å². The van der Waals surface area contributed by atoms with Crippen LogP contribution in [0.4, 0.5) is 17.1 Å². The standard InChI is InChI=1S/C52H33NS2/c1-3-12-34(13-4-1)37-22-23-39-33-41(29-26-38(39)32-37)53(40-27-24-36(25-28-40)43-18-11-19-45-44-16-7-9-20-48(44)54-51(43)45)47-31-30-42(35-14-5-2-6-15-35)50-46-17-8-10-21-49(46)55-52(47)50/h1-33H. The summed E-state index contributed by atoms with van der Waals surface area (Å²) in [6.07, 6.45) is 0. The van der Waals surface area contributed by atoms with Gasteiger partial charge < -0.3 is 4.90 Å². The Morgan fingerprint density at radius 2 is 0.909 bits per heavy atom. The Morgan fingerprint density at radius 3 is 1.71 bits per heavy atom. The Balaban J connectivity index is 1.11. The van der Waals surface area contributed by atoms with E-state index in [-0.39, 0.29) is 0 Å². The van der Waals surface area contributed by atoms with E-state index in [0.29, 0.717) is 0 Å². The van der Waals surface area contributed by atoms with Gasteiger partial charge in [0, 0.05) is 47.0 Å². The first kappa shape index (κ1) is 32.0. The van der Waals surface area contributed by atoms with Crippen LogP contribution in [0.15, 0.2) is 200 Å². The van der Waals surface area contributed by atoms with E-state index in [1.807, 2.05) is 22.7 Å². The van der Waals surface area contributed by atoms with Crippen LogP contribution in [0.1, 0.15) is 0 Å². The summed E-state index contributed by atoms with van der Waals surface area (Å²) in [5.41, 5.74) is 10.9. The van der Waals surface area contributed by atoms with Crippen LogP contribution in [0, 0.1) is 0 Å². The van der Waals surface area contributed by atoms with Crippen molar-refractivity contribution in [2.75, 3.05) is 4.90 Å². The molecule has 3 heteroatoms. The van der Waals surface area contributed by atoms with E-state index in [2.05, 4.69) is 205 Å². The van der Waals surface area contributed by atoms with Crippen LogP contribution in [0.2, 0.25) is 0 Å². The van der Waals surface area contributed by atoms with Crippen LogP contribution in [0.3, 0.4) is 0 Å². The van der Waals surface area contributed by atoms with Crippen LogP contribution >= 0.6 is 22.7 Å². The summed E-state index contributed by atoms with van der Waals surface area (Å²) in [5, 5.41) is 7.68. The van der Waals surface area contributed by atoms with Crippen LogP contribution in [0.25, 0.3) is 84.5 Å². The fourth-order valence-corrected chi connectivity index (χ4v) is 10.7. The minimum absolute atomic E-state index is 1.12. The molecule has 0 N–H and O–H groups in total. The Hall–Kier alpha value is -6.52. The zero-order valence-corrected chi connectivity index (χ0v) is 31.4. The highest BCUT2D eigenvalue weighted by atomic mass is 32.1. The molecule has 2 heterocycles. The first-order valence-corrected chi connectivity index (χ1v) is 20.3. The predicted octanol–water partition coefficient (Wildman–Crippen LogP) is 16.0. The van der Waals surface area contributed by atoms with Crippen LogP contribution < -0.4 is 4.90 Å². The van der Waals surface area contributed by atoms with Gasteiger partial charge in [-0.15, -0.1) is 22.7 Å². The molecule has 0 amide bonds. The second-order valence-corrected chi connectivity index (χ2v) is 16.2. The Kier molecular flexibility index (Phi) is 7.61. The normalized spacial score (nSPS) is 11.6. The number of benzene rings is 9. The van der Waals surface area contributed by atoms with Gasteiger partial charge in [-0.2, -0.15) is 0 Å². The van der Waals surface area contributed by atoms with Crippen molar-refractivity contribution in [3.63, 3.8) is 0 Å². The van der Waals surface area contributed by atoms with Crippen molar-refractivity contribution in [1.82, 2.24) is 0 Å². The molecule has 1 nitrogen and oxygen atoms in total. The molecule has 0 aliphatic carbocycles. The number of thiophene rings is 2. The summed E-state index contributed by atoms with van der Waals surface area (Å²) in [6, 6.07) is 73.3. The van der Waals surface area contributed by atoms with Gasteiger partial charge in [0.25, 0.3) is 0 Å². The van der Waals surface area contributed by atoms with Gasteiger partial charge in [-0.25, -0.2) is 0 Å². The maximum absolute atomic E-state index is 2.46. The lowest BCUT2D eigenvalue weighted by Gasteiger charge is -2.27. The zero-order valence-electron chi connectivity index (χ0n) is 29.8. The van der Waals surface area contributed by atoms with Gasteiger partial charge in [-0.3, -0.25) is 0 Å². The van der Waals surface area contributed by atoms with E-state index in [9.17, 15) is 0 Å². The van der Waals surface area contributed by atoms with E-state index >= 15 is 0 Å². The number of hydrogen-bond acceptors (Lipinski definition) is 3. The molecule has 258 valence electrons. The van der Waals surface area contributed by atoms with E-state index in [1.165, 1.54) is 90.2 Å². The van der Waals surface area contributed by atoms with Crippen LogP contribution in [0.5, 0.6) is 0 Å². The maximum Gasteiger partial charge on any atom is 0.0640 e. The monoisotopic (exact) mass is 735 g/mol. The molecule has 0 saturated heterocycles. The number of anilines is 3. The molecule has 0 unspecified atom stereocenters. The lowest BCUT2D eigenvalue weighted by Crippen LogP contribution is -2.10. The molecular formula is C52H33NS2. The van der Waals surface area contributed by atoms with Crippen molar-refractivity contribution >= 4 is 90.9 Å². The Morgan fingerprint density at radius 1 is 0.327 bits per heavy atom. The summed E-state index contributed by atoms with van der Waals surface area (Å²) >= 11 is 3.76. The molecule has 0 saturated carbocycles. The molecule has 11 aromatic rings. The SMILES string of the molecule is c1ccc(-c2ccc3cc(N(c4ccc(-c5cccc6c5sc5ccccc56)cc4)c4ccc(-c5ccccc5)c5c4sc4ccccc45)ccc3c2)cc1. The minimum atomic E-state index is 1.12. The molecule has 0 atom stereocenters. The highest BCUT2D eigenvalue weighted by Crippen LogP contribution is 2.49. The lowest BCUT2D eigenvalue weighted by atomic mass is 9.97. The van der Waals surface area contributed by atoms with Crippen molar-refractivity contribution < 1.29 is 0 Å². The summed E-state index contributed by atoms with van der Waals surface area (Å²) < 4.78 is 5.23. The molecule has 2 aromatic heterocycles. The third kappa shape index (κ3) is 5.43. The molecule has 0 radical (unpaired) electrons. The first-order valence-electron chi connectivity index (χ1n) is 18.7. The fourth-order valence-electron chi connectivity index (χ4n) is 8.22. The van der Waals surface area contributed by atoms with Gasteiger partial charge >= 0.3 is 0 Å². The smallest absolute Gasteiger partial charge is 0.0640 e. The van der Waals surface area contributed by atoms with E-state index < -0.39 is 0 Å². The summed E-state index contributed by atoms with van der Waals surface area (Å²) in [7, 11) is 0. The molecule has 0 spiro atoms. The zero-order chi connectivity index (χ0) is 36.3. The van der Waals surface area contributed by atoms with Crippen molar-refractivity contribution in [3.8, 4) is 33.4 Å². The molecule has 0 fully saturated rings. The van der Waals surface area contributed by atoms with Crippen molar-refractivity contribution in [1.29, 1.82) is 0 Å². The lowest BCUT2D eigenvalue weighted by molar-refractivity contribution is 1.31. The number of nitrogens with zero attached hydrogens (tertiary/aromatic N) is 1. The number of hydrogen-bond donors (Lipinski definition) is 0. The quantitative estimate of drug-likeness (QED) is 0.164. The predicted molar refractivity (Wildman–Crippen MR) is 241 cm³/mol. The summed E-state index contributed by atoms with van der Waals surface area (Å²) in [5.74, 6) is 0. The molecule has 9 aromatic carbocycles. The summed E-state index contributed by atoms with van der Waals surface area (Å²) in [6.45, 7) is 0. The fraction of sp³-hybridized carbons (Fsp3) is 0. The molecular weight excluding hydrogens is 703 g/mol. The average Bonchev–Trinajstić information content (AvgIpc) is 3.84.